The van der Waals surface area contributed by atoms with Gasteiger partial charge in [0.1, 0.15) is 6.61 Å². The van der Waals surface area contributed by atoms with E-state index in [1.54, 1.807) is 12.2 Å². The zero-order chi connectivity index (χ0) is 13.0. The van der Waals surface area contributed by atoms with Crippen LogP contribution in [0.1, 0.15) is 23.1 Å². The van der Waals surface area contributed by atoms with Crippen LogP contribution in [0.4, 0.5) is 4.79 Å². The van der Waals surface area contributed by atoms with Gasteiger partial charge in [-0.2, -0.15) is 0 Å². The second kappa shape index (κ2) is 5.26. The summed E-state index contributed by atoms with van der Waals surface area (Å²) in [5.74, 6) is 0.0792. The summed E-state index contributed by atoms with van der Waals surface area (Å²) in [4.78, 5) is 30.9. The molecule has 0 spiro atoms. The molecule has 0 aliphatic carbocycles. The van der Waals surface area contributed by atoms with Crippen molar-refractivity contribution in [1.29, 1.82) is 0 Å². The second-order valence-electron chi connectivity index (χ2n) is 3.54. The fourth-order valence-electron chi connectivity index (χ4n) is 1.37. The van der Waals surface area contributed by atoms with Crippen molar-refractivity contribution in [3.8, 4) is 0 Å². The molecule has 7 nitrogen and oxygen atoms in total. The maximum atomic E-state index is 11.8. The van der Waals surface area contributed by atoms with Crippen molar-refractivity contribution < 1.29 is 14.3 Å². The molecule has 0 atom stereocenters. The predicted molar refractivity (Wildman–Crippen MR) is 62.3 cm³/mol. The Hall–Kier alpha value is -2.44. The number of hydrazine groups is 1. The summed E-state index contributed by atoms with van der Waals surface area (Å²) in [7, 11) is 0. The van der Waals surface area contributed by atoms with E-state index >= 15 is 0 Å². The largest absolute Gasteiger partial charge is 0.446 e. The van der Waals surface area contributed by atoms with Gasteiger partial charge in [0, 0.05) is 12.4 Å². The Kier molecular flexibility index (Phi) is 3.52. The molecule has 0 aromatic carbocycles. The molecule has 2 rings (SSSR count). The van der Waals surface area contributed by atoms with Crippen molar-refractivity contribution in [2.75, 3.05) is 13.2 Å². The molecule has 2 amide bonds. The topological polar surface area (TPSA) is 84.4 Å². The molecule has 0 saturated carbocycles. The van der Waals surface area contributed by atoms with Gasteiger partial charge in [0.05, 0.1) is 12.1 Å². The van der Waals surface area contributed by atoms with Gasteiger partial charge >= 0.3 is 6.09 Å². The van der Waals surface area contributed by atoms with Crippen LogP contribution in [0, 0.1) is 0 Å². The van der Waals surface area contributed by atoms with E-state index in [9.17, 15) is 9.59 Å². The summed E-state index contributed by atoms with van der Waals surface area (Å²) < 4.78 is 4.69. The van der Waals surface area contributed by atoms with E-state index in [0.29, 0.717) is 12.4 Å². The second-order valence-corrected chi connectivity index (χ2v) is 3.54. The average Bonchev–Trinajstić information content (AvgIpc) is 2.76. The first-order valence-electron chi connectivity index (χ1n) is 5.40. The molecule has 1 aromatic rings. The molecular formula is C11H12N4O3. The fraction of sp³-hybridized carbons (Fsp3) is 0.273. The van der Waals surface area contributed by atoms with Crippen LogP contribution in [0.5, 0.6) is 0 Å². The summed E-state index contributed by atoms with van der Waals surface area (Å²) in [6.45, 7) is 2.46. The molecule has 7 heteroatoms. The normalized spacial score (nSPS) is 14.9. The molecule has 94 valence electrons. The number of carbonyl (C=O) groups excluding carboxylic acids is 2. The van der Waals surface area contributed by atoms with Crippen LogP contribution in [0.15, 0.2) is 18.5 Å². The minimum absolute atomic E-state index is 0.274. The van der Waals surface area contributed by atoms with Crippen molar-refractivity contribution in [3.05, 3.63) is 29.9 Å². The van der Waals surface area contributed by atoms with Crippen LogP contribution < -0.4 is 5.43 Å². The zero-order valence-corrected chi connectivity index (χ0v) is 9.79. The maximum absolute atomic E-state index is 11.8. The number of ether oxygens (including phenoxy) is 1. The third-order valence-electron chi connectivity index (χ3n) is 2.25. The number of nitrogens with zero attached hydrogens (tertiary/aromatic N) is 3. The molecule has 1 N–H and O–H groups in total. The lowest BCUT2D eigenvalue weighted by Gasteiger charge is -2.13. The molecule has 18 heavy (non-hydrogen) atoms. The Balaban J connectivity index is 2.02. The Morgan fingerprint density at radius 2 is 2.22 bits per heavy atom. The maximum Gasteiger partial charge on any atom is 0.428 e. The van der Waals surface area contributed by atoms with Crippen LogP contribution in [0.25, 0.3) is 6.08 Å². The number of allylic oxidation sites excluding steroid dienone is 1. The van der Waals surface area contributed by atoms with Crippen molar-refractivity contribution >= 4 is 18.1 Å². The quantitative estimate of drug-likeness (QED) is 0.847. The lowest BCUT2D eigenvalue weighted by atomic mass is 10.3. The molecule has 0 radical (unpaired) electrons. The highest BCUT2D eigenvalue weighted by molar-refractivity contribution is 5.94. The first-order chi connectivity index (χ1) is 8.70. The van der Waals surface area contributed by atoms with Crippen LogP contribution in [0.2, 0.25) is 0 Å². The molecule has 0 bridgehead atoms. The lowest BCUT2D eigenvalue weighted by Crippen LogP contribution is -2.42. The van der Waals surface area contributed by atoms with Gasteiger partial charge in [-0.25, -0.2) is 19.8 Å². The fourth-order valence-corrected chi connectivity index (χ4v) is 1.37. The number of hydrogen-bond donors (Lipinski definition) is 1. The molecular weight excluding hydrogens is 236 g/mol. The number of cyclic esters (lactones) is 1. The van der Waals surface area contributed by atoms with E-state index in [-0.39, 0.29) is 12.2 Å². The van der Waals surface area contributed by atoms with Crippen LogP contribution in [-0.2, 0) is 4.74 Å². The van der Waals surface area contributed by atoms with Crippen molar-refractivity contribution in [1.82, 2.24) is 20.4 Å². The molecule has 1 aliphatic heterocycles. The van der Waals surface area contributed by atoms with Crippen LogP contribution >= 0.6 is 0 Å². The van der Waals surface area contributed by atoms with E-state index in [0.717, 1.165) is 5.01 Å². The smallest absolute Gasteiger partial charge is 0.428 e. The van der Waals surface area contributed by atoms with E-state index in [4.69, 9.17) is 0 Å². The highest BCUT2D eigenvalue weighted by Gasteiger charge is 2.24. The summed E-state index contributed by atoms with van der Waals surface area (Å²) in [5, 5.41) is 1.11. The number of hydrogen-bond acceptors (Lipinski definition) is 5. The third kappa shape index (κ3) is 2.62. The molecule has 1 aliphatic rings. The Bertz CT molecular complexity index is 484. The number of carbonyl (C=O) groups is 2. The van der Waals surface area contributed by atoms with Gasteiger partial charge in [-0.15, -0.1) is 0 Å². The first-order valence-corrected chi connectivity index (χ1v) is 5.40. The van der Waals surface area contributed by atoms with Crippen LogP contribution in [0.3, 0.4) is 0 Å². The Labute approximate surface area is 103 Å². The summed E-state index contributed by atoms with van der Waals surface area (Å²) in [5.41, 5.74) is 2.70. The van der Waals surface area contributed by atoms with E-state index < -0.39 is 12.0 Å². The number of nitrogens with one attached hydrogen (secondary N) is 1. The monoisotopic (exact) mass is 248 g/mol. The Morgan fingerprint density at radius 1 is 1.50 bits per heavy atom. The summed E-state index contributed by atoms with van der Waals surface area (Å²) in [6.07, 6.45) is 5.77. The molecule has 0 unspecified atom stereocenters. The van der Waals surface area contributed by atoms with E-state index in [2.05, 4.69) is 20.1 Å². The SMILES string of the molecule is C/C=C/c1ncc(C(=O)NN2CCOC2=O)cn1. The van der Waals surface area contributed by atoms with Gasteiger partial charge < -0.3 is 4.74 Å². The van der Waals surface area contributed by atoms with Gasteiger partial charge in [-0.1, -0.05) is 6.08 Å². The molecule has 1 saturated heterocycles. The van der Waals surface area contributed by atoms with Crippen molar-refractivity contribution in [2.45, 2.75) is 6.92 Å². The summed E-state index contributed by atoms with van der Waals surface area (Å²) in [6, 6.07) is 0. The molecule has 1 aromatic heterocycles. The molecule has 2 heterocycles. The standard InChI is InChI=1S/C11H12N4O3/c1-2-3-9-12-6-8(7-13-9)10(16)14-15-4-5-18-11(15)17/h2-3,6-7H,4-5H2,1H3,(H,14,16)/b3-2+. The average molecular weight is 248 g/mol. The third-order valence-corrected chi connectivity index (χ3v) is 2.25. The highest BCUT2D eigenvalue weighted by Crippen LogP contribution is 2.02. The highest BCUT2D eigenvalue weighted by atomic mass is 16.6. The van der Waals surface area contributed by atoms with Crippen molar-refractivity contribution in [2.24, 2.45) is 0 Å². The number of aromatic nitrogens is 2. The van der Waals surface area contributed by atoms with Crippen LogP contribution in [-0.4, -0.2) is 40.1 Å². The van der Waals surface area contributed by atoms with Gasteiger partial charge in [0.15, 0.2) is 5.82 Å². The van der Waals surface area contributed by atoms with Crippen molar-refractivity contribution in [3.63, 3.8) is 0 Å². The van der Waals surface area contributed by atoms with Gasteiger partial charge in [0.2, 0.25) is 0 Å². The van der Waals surface area contributed by atoms with E-state index in [1.807, 2.05) is 6.92 Å². The first kappa shape index (κ1) is 12.0. The summed E-state index contributed by atoms with van der Waals surface area (Å²) >= 11 is 0. The zero-order valence-electron chi connectivity index (χ0n) is 9.79. The van der Waals surface area contributed by atoms with E-state index in [1.165, 1.54) is 12.4 Å². The minimum atomic E-state index is -0.560. The molecule has 1 fully saturated rings. The van der Waals surface area contributed by atoms with Gasteiger partial charge in [-0.05, 0) is 13.0 Å². The number of amides is 2. The number of rotatable bonds is 3. The predicted octanol–water partition coefficient (Wildman–Crippen LogP) is 0.607. The van der Waals surface area contributed by atoms with Gasteiger partial charge in [-0.3, -0.25) is 10.2 Å². The minimum Gasteiger partial charge on any atom is -0.446 e. The Morgan fingerprint density at radius 3 is 2.78 bits per heavy atom. The lowest BCUT2D eigenvalue weighted by molar-refractivity contribution is 0.0831. The van der Waals surface area contributed by atoms with Gasteiger partial charge in [0.25, 0.3) is 5.91 Å².